The molecule has 1 aromatic heterocycles. The van der Waals surface area contributed by atoms with Gasteiger partial charge >= 0.3 is 6.03 Å². The third kappa shape index (κ3) is 3.62. The lowest BCUT2D eigenvalue weighted by molar-refractivity contribution is 0.194. The van der Waals surface area contributed by atoms with Crippen molar-refractivity contribution in [1.29, 1.82) is 0 Å². The molecule has 0 spiro atoms. The highest BCUT2D eigenvalue weighted by atomic mass is 32.1. The van der Waals surface area contributed by atoms with E-state index in [0.29, 0.717) is 19.6 Å². The fraction of sp³-hybridized carbons (Fsp3) is 0.263. The van der Waals surface area contributed by atoms with Crippen molar-refractivity contribution < 1.29 is 9.18 Å². The molecule has 1 N–H and O–H groups in total. The Kier molecular flexibility index (Phi) is 4.71. The number of benzene rings is 2. The Morgan fingerprint density at radius 2 is 1.81 bits per heavy atom. The Morgan fingerprint density at radius 1 is 1.08 bits per heavy atom. The summed E-state index contributed by atoms with van der Waals surface area (Å²) in [5.74, 6) is -0.235. The minimum Gasteiger partial charge on any atom is -0.368 e. The third-order valence-electron chi connectivity index (χ3n) is 4.49. The number of urea groups is 1. The van der Waals surface area contributed by atoms with Gasteiger partial charge in [-0.25, -0.2) is 14.2 Å². The second-order valence-corrected chi connectivity index (χ2v) is 7.30. The summed E-state index contributed by atoms with van der Waals surface area (Å²) in [5, 5.41) is 3.87. The van der Waals surface area contributed by atoms with Gasteiger partial charge in [-0.1, -0.05) is 12.1 Å². The fourth-order valence-corrected chi connectivity index (χ4v) is 3.99. The highest BCUT2D eigenvalue weighted by Gasteiger charge is 2.21. The summed E-state index contributed by atoms with van der Waals surface area (Å²) in [6, 6.07) is 14.4. The molecule has 134 valence electrons. The van der Waals surface area contributed by atoms with E-state index in [0.717, 1.165) is 34.0 Å². The van der Waals surface area contributed by atoms with Crippen LogP contribution in [0.15, 0.2) is 48.5 Å². The first-order chi connectivity index (χ1) is 12.7. The van der Waals surface area contributed by atoms with Gasteiger partial charge in [0.2, 0.25) is 0 Å². The minimum atomic E-state index is -0.235. The van der Waals surface area contributed by atoms with Crippen molar-refractivity contribution in [2.24, 2.45) is 0 Å². The summed E-state index contributed by atoms with van der Waals surface area (Å²) in [6.45, 7) is 3.20. The zero-order valence-corrected chi connectivity index (χ0v) is 15.0. The SMILES string of the molecule is O=C(NCc1nc2ccccc2s1)N1CCN(c2ccc(F)cc2)CC1. The van der Waals surface area contributed by atoms with Crippen LogP contribution in [0.5, 0.6) is 0 Å². The molecular formula is C19H19FN4OS. The largest absolute Gasteiger partial charge is 0.368 e. The van der Waals surface area contributed by atoms with Crippen LogP contribution in [-0.4, -0.2) is 42.1 Å². The first-order valence-electron chi connectivity index (χ1n) is 8.57. The number of rotatable bonds is 3. The first kappa shape index (κ1) is 16.8. The number of carbonyl (C=O) groups excluding carboxylic acids is 1. The lowest BCUT2D eigenvalue weighted by Crippen LogP contribution is -2.51. The second-order valence-electron chi connectivity index (χ2n) is 6.18. The standard InChI is InChI=1S/C19H19FN4OS/c20-14-5-7-15(8-6-14)23-9-11-24(12-10-23)19(25)21-13-18-22-16-3-1-2-4-17(16)26-18/h1-8H,9-13H2,(H,21,25). The number of para-hydroxylation sites is 1. The zero-order valence-electron chi connectivity index (χ0n) is 14.2. The molecule has 1 saturated heterocycles. The fourth-order valence-electron chi connectivity index (χ4n) is 3.08. The molecule has 3 aromatic rings. The van der Waals surface area contributed by atoms with Crippen molar-refractivity contribution >= 4 is 33.3 Å². The number of hydrogen-bond donors (Lipinski definition) is 1. The summed E-state index contributed by atoms with van der Waals surface area (Å²) >= 11 is 1.60. The van der Waals surface area contributed by atoms with Gasteiger partial charge in [-0.05, 0) is 36.4 Å². The third-order valence-corrected chi connectivity index (χ3v) is 5.52. The molecule has 0 atom stereocenters. The predicted octanol–water partition coefficient (Wildman–Crippen LogP) is 3.47. The highest BCUT2D eigenvalue weighted by molar-refractivity contribution is 7.18. The predicted molar refractivity (Wildman–Crippen MR) is 102 cm³/mol. The Bertz CT molecular complexity index is 870. The first-order valence-corrected chi connectivity index (χ1v) is 9.38. The van der Waals surface area contributed by atoms with Crippen molar-refractivity contribution in [3.05, 3.63) is 59.4 Å². The smallest absolute Gasteiger partial charge is 0.317 e. The van der Waals surface area contributed by atoms with E-state index >= 15 is 0 Å². The molecule has 0 unspecified atom stereocenters. The van der Waals surface area contributed by atoms with Gasteiger partial charge in [0.1, 0.15) is 10.8 Å². The van der Waals surface area contributed by atoms with Crippen LogP contribution in [0.25, 0.3) is 10.2 Å². The monoisotopic (exact) mass is 370 g/mol. The molecule has 5 nitrogen and oxygen atoms in total. The number of halogens is 1. The molecule has 0 saturated carbocycles. The van der Waals surface area contributed by atoms with E-state index < -0.39 is 0 Å². The topological polar surface area (TPSA) is 48.5 Å². The number of nitrogens with one attached hydrogen (secondary N) is 1. The van der Waals surface area contributed by atoms with Crippen LogP contribution in [-0.2, 0) is 6.54 Å². The Labute approximate surface area is 155 Å². The van der Waals surface area contributed by atoms with E-state index in [1.165, 1.54) is 12.1 Å². The maximum absolute atomic E-state index is 13.0. The normalized spacial score (nSPS) is 14.7. The van der Waals surface area contributed by atoms with Gasteiger partial charge in [-0.2, -0.15) is 0 Å². The number of piperazine rings is 1. The average Bonchev–Trinajstić information content (AvgIpc) is 3.10. The van der Waals surface area contributed by atoms with Crippen LogP contribution >= 0.6 is 11.3 Å². The molecule has 2 aromatic carbocycles. The minimum absolute atomic E-state index is 0.0667. The Morgan fingerprint density at radius 3 is 2.54 bits per heavy atom. The molecule has 0 radical (unpaired) electrons. The van der Waals surface area contributed by atoms with Gasteiger partial charge in [0.05, 0.1) is 16.8 Å². The zero-order chi connectivity index (χ0) is 17.9. The molecule has 26 heavy (non-hydrogen) atoms. The molecule has 4 rings (SSSR count). The van der Waals surface area contributed by atoms with Crippen molar-refractivity contribution in [3.8, 4) is 0 Å². The van der Waals surface area contributed by atoms with E-state index in [4.69, 9.17) is 0 Å². The molecule has 0 bridgehead atoms. The number of fused-ring (bicyclic) bond motifs is 1. The number of nitrogens with zero attached hydrogens (tertiary/aromatic N) is 3. The number of hydrogen-bond acceptors (Lipinski definition) is 4. The Balaban J connectivity index is 1.30. The Hall–Kier alpha value is -2.67. The molecule has 7 heteroatoms. The molecule has 1 fully saturated rings. The van der Waals surface area contributed by atoms with E-state index in [1.807, 2.05) is 29.2 Å². The summed E-state index contributed by atoms with van der Waals surface area (Å²) in [4.78, 5) is 20.9. The maximum Gasteiger partial charge on any atom is 0.317 e. The van der Waals surface area contributed by atoms with Crippen LogP contribution in [0.3, 0.4) is 0 Å². The van der Waals surface area contributed by atoms with Gasteiger partial charge in [0.25, 0.3) is 0 Å². The van der Waals surface area contributed by atoms with Crippen molar-refractivity contribution in [3.63, 3.8) is 0 Å². The van der Waals surface area contributed by atoms with E-state index in [9.17, 15) is 9.18 Å². The van der Waals surface area contributed by atoms with Crippen LogP contribution < -0.4 is 10.2 Å². The lowest BCUT2D eigenvalue weighted by Gasteiger charge is -2.36. The van der Waals surface area contributed by atoms with E-state index in [-0.39, 0.29) is 11.8 Å². The second kappa shape index (κ2) is 7.29. The van der Waals surface area contributed by atoms with Crippen molar-refractivity contribution in [1.82, 2.24) is 15.2 Å². The van der Waals surface area contributed by atoms with Crippen molar-refractivity contribution in [2.45, 2.75) is 6.54 Å². The van der Waals surface area contributed by atoms with E-state index in [1.54, 1.807) is 23.5 Å². The highest BCUT2D eigenvalue weighted by Crippen LogP contribution is 2.21. The molecule has 1 aliphatic rings. The van der Waals surface area contributed by atoms with Gasteiger partial charge in [0.15, 0.2) is 0 Å². The summed E-state index contributed by atoms with van der Waals surface area (Å²) < 4.78 is 14.2. The molecule has 1 aliphatic heterocycles. The van der Waals surface area contributed by atoms with Gasteiger partial charge in [-0.15, -0.1) is 11.3 Å². The molecular weight excluding hydrogens is 351 g/mol. The molecule has 2 heterocycles. The summed E-state index contributed by atoms with van der Waals surface area (Å²) in [6.07, 6.45) is 0. The maximum atomic E-state index is 13.0. The summed E-state index contributed by atoms with van der Waals surface area (Å²) in [5.41, 5.74) is 1.95. The number of anilines is 1. The molecule has 0 aliphatic carbocycles. The summed E-state index contributed by atoms with van der Waals surface area (Å²) in [7, 11) is 0. The quantitative estimate of drug-likeness (QED) is 0.768. The van der Waals surface area contributed by atoms with Crippen LogP contribution in [0.4, 0.5) is 14.9 Å². The van der Waals surface area contributed by atoms with Crippen LogP contribution in [0.1, 0.15) is 5.01 Å². The van der Waals surface area contributed by atoms with Gasteiger partial charge in [-0.3, -0.25) is 0 Å². The van der Waals surface area contributed by atoms with Crippen LogP contribution in [0, 0.1) is 5.82 Å². The van der Waals surface area contributed by atoms with Gasteiger partial charge < -0.3 is 15.1 Å². The van der Waals surface area contributed by atoms with Crippen molar-refractivity contribution in [2.75, 3.05) is 31.1 Å². The number of carbonyl (C=O) groups is 1. The van der Waals surface area contributed by atoms with Gasteiger partial charge in [0, 0.05) is 31.9 Å². The number of aromatic nitrogens is 1. The number of amides is 2. The van der Waals surface area contributed by atoms with E-state index in [2.05, 4.69) is 15.2 Å². The molecule has 2 amide bonds. The van der Waals surface area contributed by atoms with Crippen LogP contribution in [0.2, 0.25) is 0 Å². The number of thiazole rings is 1. The lowest BCUT2D eigenvalue weighted by atomic mass is 10.2. The average molecular weight is 370 g/mol.